The van der Waals surface area contributed by atoms with Crippen LogP contribution in [0.1, 0.15) is 11.1 Å². The summed E-state index contributed by atoms with van der Waals surface area (Å²) in [6, 6.07) is 11.6. The summed E-state index contributed by atoms with van der Waals surface area (Å²) in [6.45, 7) is 0.377. The molecule has 0 spiro atoms. The van der Waals surface area contributed by atoms with Crippen molar-refractivity contribution in [2.75, 3.05) is 12.4 Å². The number of methoxy groups -OCH3 is 1. The number of ether oxygens (including phenoxy) is 1. The fraction of sp³-hybridized carbons (Fsp3) is 0.133. The Morgan fingerprint density at radius 3 is 2.85 bits per heavy atom. The van der Waals surface area contributed by atoms with Gasteiger partial charge in [0.25, 0.3) is 0 Å². The van der Waals surface area contributed by atoms with Gasteiger partial charge in [0, 0.05) is 17.1 Å². The van der Waals surface area contributed by atoms with Crippen LogP contribution in [0.25, 0.3) is 0 Å². The predicted molar refractivity (Wildman–Crippen MR) is 76.4 cm³/mol. The summed E-state index contributed by atoms with van der Waals surface area (Å²) < 4.78 is 18.7. The number of halogens is 2. The van der Waals surface area contributed by atoms with Gasteiger partial charge in [-0.05, 0) is 30.3 Å². The summed E-state index contributed by atoms with van der Waals surface area (Å²) in [5.41, 5.74) is 1.26. The molecular formula is C15H12ClFN2O. The topological polar surface area (TPSA) is 45.0 Å². The zero-order chi connectivity index (χ0) is 14.5. The Hall–Kier alpha value is -2.25. The fourth-order valence-electron chi connectivity index (χ4n) is 1.86. The number of hydrogen-bond acceptors (Lipinski definition) is 3. The molecule has 2 aromatic carbocycles. The van der Waals surface area contributed by atoms with E-state index in [4.69, 9.17) is 21.6 Å². The largest absolute Gasteiger partial charge is 0.496 e. The van der Waals surface area contributed by atoms with Gasteiger partial charge in [-0.3, -0.25) is 0 Å². The smallest absolute Gasteiger partial charge is 0.143 e. The Balaban J connectivity index is 2.24. The molecule has 0 bridgehead atoms. The van der Waals surface area contributed by atoms with Crippen LogP contribution in [-0.4, -0.2) is 7.11 Å². The second-order valence-electron chi connectivity index (χ2n) is 4.08. The van der Waals surface area contributed by atoms with Gasteiger partial charge in [0.2, 0.25) is 0 Å². The molecule has 0 atom stereocenters. The molecule has 0 aliphatic carbocycles. The van der Waals surface area contributed by atoms with Crippen molar-refractivity contribution < 1.29 is 9.13 Å². The SMILES string of the molecule is COc1ccc(Cl)cc1CNc1cccc(F)c1C#N. The van der Waals surface area contributed by atoms with Gasteiger partial charge in [-0.25, -0.2) is 4.39 Å². The second kappa shape index (κ2) is 6.27. The summed E-state index contributed by atoms with van der Waals surface area (Å²) >= 11 is 5.94. The van der Waals surface area contributed by atoms with Crippen molar-refractivity contribution in [3.63, 3.8) is 0 Å². The molecule has 0 aliphatic heterocycles. The van der Waals surface area contributed by atoms with Gasteiger partial charge in [-0.15, -0.1) is 0 Å². The predicted octanol–water partition coefficient (Wildman–Crippen LogP) is 3.97. The minimum absolute atomic E-state index is 0.00602. The molecule has 2 rings (SSSR count). The van der Waals surface area contributed by atoms with Gasteiger partial charge in [0.1, 0.15) is 23.2 Å². The van der Waals surface area contributed by atoms with Crippen LogP contribution in [-0.2, 0) is 6.54 Å². The summed E-state index contributed by atoms with van der Waals surface area (Å²) in [7, 11) is 1.57. The van der Waals surface area contributed by atoms with Crippen molar-refractivity contribution in [1.82, 2.24) is 0 Å². The molecule has 20 heavy (non-hydrogen) atoms. The molecule has 2 aromatic rings. The van der Waals surface area contributed by atoms with Crippen LogP contribution < -0.4 is 10.1 Å². The third-order valence-electron chi connectivity index (χ3n) is 2.84. The van der Waals surface area contributed by atoms with Crippen molar-refractivity contribution in [1.29, 1.82) is 5.26 Å². The van der Waals surface area contributed by atoms with Crippen molar-refractivity contribution >= 4 is 17.3 Å². The van der Waals surface area contributed by atoms with Gasteiger partial charge in [0.05, 0.1) is 12.8 Å². The van der Waals surface area contributed by atoms with E-state index in [1.54, 1.807) is 37.4 Å². The molecule has 0 aromatic heterocycles. The Morgan fingerprint density at radius 2 is 2.15 bits per heavy atom. The van der Waals surface area contributed by atoms with Crippen molar-refractivity contribution in [2.45, 2.75) is 6.54 Å². The second-order valence-corrected chi connectivity index (χ2v) is 4.52. The number of nitriles is 1. The van der Waals surface area contributed by atoms with Crippen LogP contribution in [0.15, 0.2) is 36.4 Å². The number of hydrogen-bond donors (Lipinski definition) is 1. The highest BCUT2D eigenvalue weighted by Gasteiger charge is 2.09. The average Bonchev–Trinajstić information content (AvgIpc) is 2.45. The minimum Gasteiger partial charge on any atom is -0.496 e. The quantitative estimate of drug-likeness (QED) is 0.926. The fourth-order valence-corrected chi connectivity index (χ4v) is 2.06. The monoisotopic (exact) mass is 290 g/mol. The standard InChI is InChI=1S/C15H12ClFN2O/c1-20-15-6-5-11(16)7-10(15)9-19-14-4-2-3-13(17)12(14)8-18/h2-7,19H,9H2,1H3. The van der Waals surface area contributed by atoms with Crippen molar-refractivity contribution in [3.8, 4) is 11.8 Å². The van der Waals surface area contributed by atoms with E-state index in [-0.39, 0.29) is 5.56 Å². The van der Waals surface area contributed by atoms with Crippen LogP contribution in [0.2, 0.25) is 5.02 Å². The van der Waals surface area contributed by atoms with Crippen molar-refractivity contribution in [2.24, 2.45) is 0 Å². The maximum absolute atomic E-state index is 13.5. The lowest BCUT2D eigenvalue weighted by molar-refractivity contribution is 0.410. The number of nitrogens with zero attached hydrogens (tertiary/aromatic N) is 1. The molecule has 0 heterocycles. The lowest BCUT2D eigenvalue weighted by Crippen LogP contribution is -2.04. The molecule has 5 heteroatoms. The molecular weight excluding hydrogens is 279 g/mol. The number of anilines is 1. The van der Waals surface area contributed by atoms with Gasteiger partial charge in [-0.2, -0.15) is 5.26 Å². The van der Waals surface area contributed by atoms with Crippen LogP contribution in [0.4, 0.5) is 10.1 Å². The minimum atomic E-state index is -0.546. The van der Waals surface area contributed by atoms with Crippen LogP contribution >= 0.6 is 11.6 Å². The zero-order valence-electron chi connectivity index (χ0n) is 10.8. The lowest BCUT2D eigenvalue weighted by Gasteiger charge is -2.12. The first kappa shape index (κ1) is 14.2. The average molecular weight is 291 g/mol. The molecule has 0 radical (unpaired) electrons. The molecule has 0 saturated carbocycles. The van der Waals surface area contributed by atoms with E-state index in [2.05, 4.69) is 5.32 Å². The molecule has 0 amide bonds. The highest BCUT2D eigenvalue weighted by Crippen LogP contribution is 2.25. The highest BCUT2D eigenvalue weighted by atomic mass is 35.5. The van der Waals surface area contributed by atoms with Crippen LogP contribution in [0, 0.1) is 17.1 Å². The Morgan fingerprint density at radius 1 is 1.35 bits per heavy atom. The molecule has 0 aliphatic rings. The van der Waals surface area contributed by atoms with E-state index in [0.717, 1.165) is 5.56 Å². The Bertz CT molecular complexity index is 667. The lowest BCUT2D eigenvalue weighted by atomic mass is 10.1. The molecule has 102 valence electrons. The molecule has 3 nitrogen and oxygen atoms in total. The van der Waals surface area contributed by atoms with Gasteiger partial charge in [-0.1, -0.05) is 17.7 Å². The number of nitrogens with one attached hydrogen (secondary N) is 1. The van der Waals surface area contributed by atoms with E-state index < -0.39 is 5.82 Å². The molecule has 0 saturated heterocycles. The first-order valence-electron chi connectivity index (χ1n) is 5.90. The summed E-state index contributed by atoms with van der Waals surface area (Å²) in [4.78, 5) is 0. The van der Waals surface area contributed by atoms with E-state index >= 15 is 0 Å². The Labute approximate surface area is 121 Å². The normalized spacial score (nSPS) is 9.90. The first-order valence-corrected chi connectivity index (χ1v) is 6.28. The maximum atomic E-state index is 13.5. The van der Waals surface area contributed by atoms with Gasteiger partial charge >= 0.3 is 0 Å². The highest BCUT2D eigenvalue weighted by molar-refractivity contribution is 6.30. The van der Waals surface area contributed by atoms with Crippen molar-refractivity contribution in [3.05, 3.63) is 58.4 Å². The summed E-state index contributed by atoms with van der Waals surface area (Å²) in [5.74, 6) is 0.132. The van der Waals surface area contributed by atoms with E-state index in [1.165, 1.54) is 6.07 Å². The first-order chi connectivity index (χ1) is 9.65. The molecule has 0 fully saturated rings. The number of benzene rings is 2. The van der Waals surface area contributed by atoms with E-state index in [9.17, 15) is 4.39 Å². The van der Waals surface area contributed by atoms with Gasteiger partial charge in [0.15, 0.2) is 0 Å². The third-order valence-corrected chi connectivity index (χ3v) is 3.07. The Kier molecular flexibility index (Phi) is 4.44. The van der Waals surface area contributed by atoms with Crippen LogP contribution in [0.3, 0.4) is 0 Å². The number of rotatable bonds is 4. The molecule has 1 N–H and O–H groups in total. The molecule has 0 unspecified atom stereocenters. The summed E-state index contributed by atoms with van der Waals surface area (Å²) in [5, 5.41) is 12.6. The van der Waals surface area contributed by atoms with E-state index in [0.29, 0.717) is 23.0 Å². The maximum Gasteiger partial charge on any atom is 0.143 e. The summed E-state index contributed by atoms with van der Waals surface area (Å²) in [6.07, 6.45) is 0. The zero-order valence-corrected chi connectivity index (χ0v) is 11.5. The van der Waals surface area contributed by atoms with E-state index in [1.807, 2.05) is 6.07 Å². The van der Waals surface area contributed by atoms with Gasteiger partial charge < -0.3 is 10.1 Å². The third kappa shape index (κ3) is 3.01. The van der Waals surface area contributed by atoms with Crippen LogP contribution in [0.5, 0.6) is 5.75 Å².